The fourth-order valence-corrected chi connectivity index (χ4v) is 4.59. The monoisotopic (exact) mass is 420 g/mol. The number of carbonyl (C=O) groups is 2. The number of ether oxygens (including phenoxy) is 2. The molecule has 6 nitrogen and oxygen atoms in total. The van der Waals surface area contributed by atoms with E-state index in [-0.39, 0.29) is 42.7 Å². The van der Waals surface area contributed by atoms with Gasteiger partial charge in [-0.2, -0.15) is 0 Å². The lowest BCUT2D eigenvalue weighted by molar-refractivity contribution is -0.147. The normalized spacial score (nSPS) is 28.2. The van der Waals surface area contributed by atoms with E-state index >= 15 is 0 Å². The molecule has 164 valence electrons. The molecule has 30 heavy (non-hydrogen) atoms. The number of esters is 1. The van der Waals surface area contributed by atoms with Crippen LogP contribution in [0.2, 0.25) is 0 Å². The van der Waals surface area contributed by atoms with Crippen LogP contribution in [-0.4, -0.2) is 54.0 Å². The van der Waals surface area contributed by atoms with Crippen LogP contribution in [0, 0.1) is 23.7 Å². The van der Waals surface area contributed by atoms with E-state index in [1.807, 2.05) is 6.08 Å². The number of rotatable bonds is 11. The number of alkyl halides is 1. The van der Waals surface area contributed by atoms with Gasteiger partial charge in [0, 0.05) is 12.3 Å². The minimum atomic E-state index is -1.67. The summed E-state index contributed by atoms with van der Waals surface area (Å²) >= 11 is 0. The van der Waals surface area contributed by atoms with Crippen molar-refractivity contribution in [3.63, 3.8) is 0 Å². The summed E-state index contributed by atoms with van der Waals surface area (Å²) in [4.78, 5) is 23.4. The van der Waals surface area contributed by atoms with Crippen LogP contribution in [-0.2, 0) is 19.1 Å². The van der Waals surface area contributed by atoms with E-state index in [4.69, 9.17) is 9.47 Å². The maximum Gasteiger partial charge on any atom is 0.332 e. The third-order valence-electron chi connectivity index (χ3n) is 6.07. The van der Waals surface area contributed by atoms with Gasteiger partial charge in [0.15, 0.2) is 6.17 Å². The first kappa shape index (κ1) is 22.6. The quantitative estimate of drug-likeness (QED) is 0.324. The zero-order valence-electron chi connectivity index (χ0n) is 17.0. The molecule has 0 aromatic heterocycles. The molecule has 1 aromatic carbocycles. The third kappa shape index (κ3) is 5.14. The van der Waals surface area contributed by atoms with Crippen LogP contribution in [0.3, 0.4) is 0 Å². The van der Waals surface area contributed by atoms with Gasteiger partial charge in [0.25, 0.3) is 0 Å². The topological polar surface area (TPSA) is 93.1 Å². The molecule has 2 fully saturated rings. The van der Waals surface area contributed by atoms with Gasteiger partial charge in [-0.15, -0.1) is 0 Å². The molecule has 0 amide bonds. The molecule has 0 aliphatic heterocycles. The molecule has 0 heterocycles. The van der Waals surface area contributed by atoms with Gasteiger partial charge in [-0.25, -0.2) is 9.18 Å². The van der Waals surface area contributed by atoms with Gasteiger partial charge in [-0.1, -0.05) is 42.5 Å². The number of aliphatic hydroxyl groups excluding tert-OH is 2. The number of hydrogen-bond acceptors (Lipinski definition) is 6. The first-order chi connectivity index (χ1) is 14.5. The van der Waals surface area contributed by atoms with Gasteiger partial charge >= 0.3 is 5.97 Å². The van der Waals surface area contributed by atoms with E-state index in [1.54, 1.807) is 43.3 Å². The Morgan fingerprint density at radius 3 is 2.70 bits per heavy atom. The van der Waals surface area contributed by atoms with Crippen LogP contribution in [0.1, 0.15) is 31.5 Å². The van der Waals surface area contributed by atoms with Gasteiger partial charge in [-0.3, -0.25) is 4.79 Å². The molecule has 0 saturated heterocycles. The van der Waals surface area contributed by atoms with Crippen LogP contribution in [0.5, 0.6) is 0 Å². The molecule has 2 N–H and O–H groups in total. The maximum absolute atomic E-state index is 14.6. The number of benzene rings is 1. The number of ketones is 1. The summed E-state index contributed by atoms with van der Waals surface area (Å²) in [5, 5.41) is 20.9. The summed E-state index contributed by atoms with van der Waals surface area (Å²) in [6, 6.07) is 8.29. The zero-order chi connectivity index (χ0) is 21.7. The SMILES string of the molecule is CCOC(=O)COCC=CC[C@@H]1C(=O)C[C@H]2C(C(O)C(O)C(F)c3ccccc3)[C@@H]12. The van der Waals surface area contributed by atoms with E-state index < -0.39 is 24.3 Å². The fraction of sp³-hybridized carbons (Fsp3) is 0.565. The molecule has 7 heteroatoms. The Labute approximate surface area is 175 Å². The molecule has 2 aliphatic carbocycles. The van der Waals surface area contributed by atoms with E-state index in [1.165, 1.54) is 0 Å². The fourth-order valence-electron chi connectivity index (χ4n) is 4.59. The Hall–Kier alpha value is -2.09. The zero-order valence-corrected chi connectivity index (χ0v) is 17.0. The van der Waals surface area contributed by atoms with Crippen molar-refractivity contribution in [2.75, 3.05) is 19.8 Å². The molecule has 2 saturated carbocycles. The van der Waals surface area contributed by atoms with Crippen LogP contribution >= 0.6 is 0 Å². The number of allylic oxidation sites excluding steroid dienone is 1. The van der Waals surface area contributed by atoms with Gasteiger partial charge in [0.1, 0.15) is 18.5 Å². The lowest BCUT2D eigenvalue weighted by atomic mass is 9.90. The minimum absolute atomic E-state index is 0.00332. The molecular formula is C23H29FO6. The van der Waals surface area contributed by atoms with Gasteiger partial charge in [0.05, 0.1) is 19.3 Å². The average molecular weight is 420 g/mol. The molecule has 4 unspecified atom stereocenters. The molecule has 7 atom stereocenters. The van der Waals surface area contributed by atoms with Crippen LogP contribution in [0.15, 0.2) is 42.5 Å². The van der Waals surface area contributed by atoms with Crippen LogP contribution in [0.25, 0.3) is 0 Å². The summed E-state index contributed by atoms with van der Waals surface area (Å²) in [5.74, 6) is -0.815. The van der Waals surface area contributed by atoms with Crippen molar-refractivity contribution in [3.8, 4) is 0 Å². The largest absolute Gasteiger partial charge is 0.464 e. The van der Waals surface area contributed by atoms with Gasteiger partial charge in [0.2, 0.25) is 0 Å². The van der Waals surface area contributed by atoms with Crippen molar-refractivity contribution < 1.29 is 33.7 Å². The molecule has 2 aliphatic rings. The summed E-state index contributed by atoms with van der Waals surface area (Å²) in [6.07, 6.45) is 0.0338. The van der Waals surface area contributed by atoms with Crippen molar-refractivity contribution in [2.24, 2.45) is 23.7 Å². The highest BCUT2D eigenvalue weighted by molar-refractivity contribution is 5.85. The maximum atomic E-state index is 14.6. The Bertz CT molecular complexity index is 751. The third-order valence-corrected chi connectivity index (χ3v) is 6.07. The highest BCUT2D eigenvalue weighted by Gasteiger charge is 2.64. The summed E-state index contributed by atoms with van der Waals surface area (Å²) in [5.41, 5.74) is 0.327. The van der Waals surface area contributed by atoms with Crippen molar-refractivity contribution >= 4 is 11.8 Å². The number of Topliss-reactive ketones (excluding diaryl/α,β-unsaturated/α-hetero) is 1. The van der Waals surface area contributed by atoms with Crippen LogP contribution < -0.4 is 0 Å². The summed E-state index contributed by atoms with van der Waals surface area (Å²) < 4.78 is 24.5. The summed E-state index contributed by atoms with van der Waals surface area (Å²) in [7, 11) is 0. The Balaban J connectivity index is 1.47. The van der Waals surface area contributed by atoms with E-state index in [2.05, 4.69) is 0 Å². The molecule has 0 bridgehead atoms. The predicted molar refractivity (Wildman–Crippen MR) is 107 cm³/mol. The van der Waals surface area contributed by atoms with Crippen molar-refractivity contribution in [2.45, 2.75) is 38.1 Å². The average Bonchev–Trinajstić information content (AvgIpc) is 3.35. The van der Waals surface area contributed by atoms with E-state index in [0.717, 1.165) is 0 Å². The number of halogens is 1. The highest BCUT2D eigenvalue weighted by atomic mass is 19.1. The first-order valence-corrected chi connectivity index (χ1v) is 10.4. The second-order valence-corrected chi connectivity index (χ2v) is 7.92. The Morgan fingerprint density at radius 1 is 1.27 bits per heavy atom. The van der Waals surface area contributed by atoms with Gasteiger partial charge in [-0.05, 0) is 36.7 Å². The van der Waals surface area contributed by atoms with E-state index in [9.17, 15) is 24.2 Å². The smallest absolute Gasteiger partial charge is 0.332 e. The van der Waals surface area contributed by atoms with Crippen LogP contribution in [0.4, 0.5) is 4.39 Å². The van der Waals surface area contributed by atoms with Gasteiger partial charge < -0.3 is 19.7 Å². The molecule has 3 rings (SSSR count). The Kier molecular flexibility index (Phi) is 7.75. The van der Waals surface area contributed by atoms with Crippen molar-refractivity contribution in [1.82, 2.24) is 0 Å². The first-order valence-electron chi connectivity index (χ1n) is 10.4. The van der Waals surface area contributed by atoms with Crippen molar-refractivity contribution in [3.05, 3.63) is 48.0 Å². The molecule has 0 spiro atoms. The molecular weight excluding hydrogens is 391 g/mol. The molecule has 1 aromatic rings. The number of fused-ring (bicyclic) bond motifs is 1. The number of aliphatic hydroxyl groups is 2. The second kappa shape index (κ2) is 10.3. The standard InChI is InChI=1S/C23H29FO6/c1-2-30-18(26)13-29-11-7-6-10-15-17(25)12-16-19(15)20(16)22(27)23(28)21(24)14-8-4-3-5-9-14/h3-9,15-16,19-23,27-28H,2,10-13H2,1H3/t15-,16-,19+,20?,21?,22?,23?/m1/s1. The second-order valence-electron chi connectivity index (χ2n) is 7.92. The Morgan fingerprint density at radius 2 is 2.00 bits per heavy atom. The molecule has 0 radical (unpaired) electrons. The predicted octanol–water partition coefficient (Wildman–Crippen LogP) is 2.40. The number of hydrogen-bond donors (Lipinski definition) is 2. The lowest BCUT2D eigenvalue weighted by Crippen LogP contribution is -2.34. The number of carbonyl (C=O) groups excluding carboxylic acids is 2. The summed E-state index contributed by atoms with van der Waals surface area (Å²) in [6.45, 7) is 2.14. The van der Waals surface area contributed by atoms with Crippen molar-refractivity contribution in [1.29, 1.82) is 0 Å². The van der Waals surface area contributed by atoms with E-state index in [0.29, 0.717) is 25.0 Å². The highest BCUT2D eigenvalue weighted by Crippen LogP contribution is 2.62. The minimum Gasteiger partial charge on any atom is -0.464 e. The lowest BCUT2D eigenvalue weighted by Gasteiger charge is -2.24.